The molecule has 0 saturated carbocycles. The topological polar surface area (TPSA) is 124 Å². The third-order valence-electron chi connectivity index (χ3n) is 1.62. The summed E-state index contributed by atoms with van der Waals surface area (Å²) in [6.07, 6.45) is 3.77. The number of nitrogens with one attached hydrogen (secondary N) is 3. The predicted molar refractivity (Wildman–Crippen MR) is 69.8 cm³/mol. The lowest BCUT2D eigenvalue weighted by molar-refractivity contribution is 0.761. The van der Waals surface area contributed by atoms with E-state index in [1.807, 2.05) is 0 Å². The number of nitrogens with zero attached hydrogens (tertiary/aromatic N) is 2. The Labute approximate surface area is 101 Å². The minimum Gasteiger partial charge on any atom is -0.369 e. The third kappa shape index (κ3) is 8.59. The van der Waals surface area contributed by atoms with Crippen LogP contribution in [0, 0.1) is 11.5 Å². The van der Waals surface area contributed by atoms with Crippen molar-refractivity contribution in [3.05, 3.63) is 0 Å². The molecule has 16 heavy (non-hydrogen) atoms. The molecule has 0 aliphatic carbocycles. The van der Waals surface area contributed by atoms with Gasteiger partial charge >= 0.3 is 0 Å². The van der Waals surface area contributed by atoms with Crippen molar-refractivity contribution in [2.75, 3.05) is 13.2 Å². The highest BCUT2D eigenvalue weighted by atomic mass is 32.4. The lowest BCUT2D eigenvalue weighted by atomic mass is 10.3. The van der Waals surface area contributed by atoms with E-state index in [4.69, 9.17) is 28.3 Å². The first-order valence-electron chi connectivity index (χ1n) is 4.85. The van der Waals surface area contributed by atoms with Crippen molar-refractivity contribution in [3.8, 4) is 6.19 Å². The fourth-order valence-electron chi connectivity index (χ4n) is 0.800. The smallest absolute Gasteiger partial charge is 0.203 e. The second-order valence-electron chi connectivity index (χ2n) is 3.02. The van der Waals surface area contributed by atoms with Crippen molar-refractivity contribution in [1.82, 2.24) is 15.5 Å². The molecule has 1 atom stereocenters. The largest absolute Gasteiger partial charge is 0.369 e. The molecule has 0 aromatic carbocycles. The van der Waals surface area contributed by atoms with E-state index in [9.17, 15) is 0 Å². The van der Waals surface area contributed by atoms with Gasteiger partial charge in [0.1, 0.15) is 6.49 Å². The van der Waals surface area contributed by atoms with Gasteiger partial charge in [0.05, 0.1) is 6.67 Å². The Balaban J connectivity index is 3.86. The first-order valence-corrected chi connectivity index (χ1v) is 7.73. The van der Waals surface area contributed by atoms with E-state index in [0.29, 0.717) is 0 Å². The molecule has 0 bridgehead atoms. The summed E-state index contributed by atoms with van der Waals surface area (Å²) in [7, 11) is 0. The van der Waals surface area contributed by atoms with Crippen LogP contribution in [0.5, 0.6) is 0 Å². The van der Waals surface area contributed by atoms with Crippen LogP contribution in [0.1, 0.15) is 19.8 Å². The Hall–Kier alpha value is -0.710. The number of nitriles is 1. The summed E-state index contributed by atoms with van der Waals surface area (Å²) in [4.78, 5) is 3.82. The van der Waals surface area contributed by atoms with Crippen LogP contribution in [0.3, 0.4) is 0 Å². The van der Waals surface area contributed by atoms with Gasteiger partial charge in [-0.2, -0.15) is 5.26 Å². The highest BCUT2D eigenvalue weighted by molar-refractivity contribution is 8.11. The summed E-state index contributed by atoms with van der Waals surface area (Å²) < 4.78 is 0. The average Bonchev–Trinajstić information content (AvgIpc) is 2.18. The van der Waals surface area contributed by atoms with E-state index >= 15 is 0 Å². The number of aliphatic imine (C=N–C) groups is 1. The number of hydrogen-bond donors (Lipinski definition) is 5. The average molecular weight is 263 g/mol. The molecule has 0 rings (SSSR count). The van der Waals surface area contributed by atoms with Gasteiger partial charge in [-0.05, 0) is 18.2 Å². The molecule has 1 unspecified atom stereocenters. The van der Waals surface area contributed by atoms with Crippen molar-refractivity contribution in [3.63, 3.8) is 0 Å². The summed E-state index contributed by atoms with van der Waals surface area (Å²) in [6.45, 7) is 0.826. The molecule has 0 spiro atoms. The summed E-state index contributed by atoms with van der Waals surface area (Å²) in [5.74, 6) is 0.0403. The fraction of sp³-hybridized carbons (Fsp3) is 0.714. The normalized spacial score (nSPS) is 15.2. The zero-order valence-electron chi connectivity index (χ0n) is 9.23. The molecule has 0 aromatic heterocycles. The Morgan fingerprint density at radius 1 is 1.56 bits per heavy atom. The molecule has 0 heterocycles. The molecule has 0 aromatic rings. The van der Waals surface area contributed by atoms with Crippen LogP contribution in [0.15, 0.2) is 4.99 Å². The second kappa shape index (κ2) is 8.44. The maximum Gasteiger partial charge on any atom is 0.203 e. The fourth-order valence-corrected chi connectivity index (χ4v) is 2.13. The molecule has 7 nitrogen and oxygen atoms in total. The molecule has 0 fully saturated rings. The van der Waals surface area contributed by atoms with Gasteiger partial charge in [0.15, 0.2) is 6.19 Å². The minimum absolute atomic E-state index is 0.0403. The van der Waals surface area contributed by atoms with Gasteiger partial charge in [0.2, 0.25) is 5.96 Å². The molecule has 9 heteroatoms. The van der Waals surface area contributed by atoms with Crippen molar-refractivity contribution < 1.29 is 0 Å². The van der Waals surface area contributed by atoms with E-state index in [1.54, 1.807) is 6.19 Å². The highest BCUT2D eigenvalue weighted by Gasteiger charge is 2.07. The maximum absolute atomic E-state index is 8.25. The second-order valence-corrected chi connectivity index (χ2v) is 6.69. The standard InChI is InChI=1S/C7H18N7PS/c1-2-3-4-13-15(10,16)14-6-12-7(9)11-5-8/h2-4,6H2,1H3,(H3,9,11,12)(H4,10,13,14,16). The van der Waals surface area contributed by atoms with Gasteiger partial charge in [-0.15, -0.1) is 0 Å². The number of guanidine groups is 1. The van der Waals surface area contributed by atoms with Crippen LogP contribution in [0.2, 0.25) is 0 Å². The Morgan fingerprint density at radius 2 is 2.25 bits per heavy atom. The first kappa shape index (κ1) is 15.3. The predicted octanol–water partition coefficient (Wildman–Crippen LogP) is -0.508. The van der Waals surface area contributed by atoms with Crippen molar-refractivity contribution in [1.29, 1.82) is 5.26 Å². The molecule has 92 valence electrons. The number of unbranched alkanes of at least 4 members (excludes halogenated alkanes) is 1. The van der Waals surface area contributed by atoms with Gasteiger partial charge in [0, 0.05) is 6.54 Å². The molecule has 0 saturated heterocycles. The van der Waals surface area contributed by atoms with Crippen LogP contribution in [-0.2, 0) is 11.8 Å². The van der Waals surface area contributed by atoms with Crippen LogP contribution in [0.4, 0.5) is 0 Å². The van der Waals surface area contributed by atoms with Crippen molar-refractivity contribution in [2.45, 2.75) is 19.8 Å². The number of hydrogen-bond acceptors (Lipinski definition) is 3. The molecule has 0 aliphatic rings. The molecule has 0 radical (unpaired) electrons. The lowest BCUT2D eigenvalue weighted by Gasteiger charge is -2.18. The summed E-state index contributed by atoms with van der Waals surface area (Å²) in [5.41, 5.74) is 11.2. The summed E-state index contributed by atoms with van der Waals surface area (Å²) in [5, 5.41) is 16.4. The monoisotopic (exact) mass is 263 g/mol. The van der Waals surface area contributed by atoms with Gasteiger partial charge in [-0.1, -0.05) is 13.3 Å². The van der Waals surface area contributed by atoms with Gasteiger partial charge in [0.25, 0.3) is 0 Å². The zero-order valence-corrected chi connectivity index (χ0v) is 10.9. The Morgan fingerprint density at radius 3 is 2.81 bits per heavy atom. The first-order chi connectivity index (χ1) is 7.52. The molecule has 7 N–H and O–H groups in total. The Bertz CT molecular complexity index is 310. The molecule has 0 aliphatic heterocycles. The van der Waals surface area contributed by atoms with E-state index in [-0.39, 0.29) is 12.6 Å². The van der Waals surface area contributed by atoms with Gasteiger partial charge in [-0.3, -0.25) is 15.9 Å². The molecule has 0 amide bonds. The highest BCUT2D eigenvalue weighted by Crippen LogP contribution is 2.23. The zero-order chi connectivity index (χ0) is 12.4. The van der Waals surface area contributed by atoms with E-state index in [1.165, 1.54) is 0 Å². The van der Waals surface area contributed by atoms with E-state index in [0.717, 1.165) is 19.4 Å². The summed E-state index contributed by atoms with van der Waals surface area (Å²) >= 11 is 5.14. The van der Waals surface area contributed by atoms with E-state index in [2.05, 4.69) is 27.4 Å². The van der Waals surface area contributed by atoms with Crippen LogP contribution in [0.25, 0.3) is 0 Å². The van der Waals surface area contributed by atoms with Crippen LogP contribution < -0.4 is 26.7 Å². The SMILES string of the molecule is CCCCNP(N)(=S)NCN=C(N)NC#N. The van der Waals surface area contributed by atoms with Crippen molar-refractivity contribution >= 4 is 24.3 Å². The molecular formula is C7H18N7PS. The van der Waals surface area contributed by atoms with Gasteiger partial charge < -0.3 is 5.73 Å². The third-order valence-corrected chi connectivity index (χ3v) is 3.70. The molecular weight excluding hydrogens is 245 g/mol. The summed E-state index contributed by atoms with van der Waals surface area (Å²) in [6, 6.07) is 0. The van der Waals surface area contributed by atoms with E-state index < -0.39 is 6.49 Å². The quantitative estimate of drug-likeness (QED) is 0.105. The number of nitrogens with two attached hydrogens (primary N) is 2. The van der Waals surface area contributed by atoms with Crippen molar-refractivity contribution in [2.24, 2.45) is 16.2 Å². The minimum atomic E-state index is -2.24. The van der Waals surface area contributed by atoms with Crippen LogP contribution >= 0.6 is 6.49 Å². The lowest BCUT2D eigenvalue weighted by Crippen LogP contribution is -2.32. The number of rotatable bonds is 7. The van der Waals surface area contributed by atoms with Crippen LogP contribution in [-0.4, -0.2) is 19.2 Å². The Kier molecular flexibility index (Phi) is 8.07. The maximum atomic E-state index is 8.25. The van der Waals surface area contributed by atoms with Gasteiger partial charge in [-0.25, -0.2) is 10.1 Å².